The number of aryl methyl sites for hydroxylation is 1. The van der Waals surface area contributed by atoms with Crippen LogP contribution in [0.15, 0.2) is 41.2 Å². The number of carboxylic acids is 1. The highest BCUT2D eigenvalue weighted by Crippen LogP contribution is 2.26. The zero-order valence-electron chi connectivity index (χ0n) is 19.2. The quantitative estimate of drug-likeness (QED) is 0.317. The topological polar surface area (TPSA) is 88.4 Å². The second-order valence-corrected chi connectivity index (χ2v) is 9.87. The molecule has 0 aliphatic heterocycles. The number of amides is 1. The van der Waals surface area contributed by atoms with Gasteiger partial charge in [0.2, 0.25) is 0 Å². The number of pyridine rings is 1. The van der Waals surface area contributed by atoms with Crippen molar-refractivity contribution in [1.29, 1.82) is 0 Å². The molecular weight excluding hydrogens is 531 g/mol. The zero-order chi connectivity index (χ0) is 23.8. The summed E-state index contributed by atoms with van der Waals surface area (Å²) in [6.45, 7) is 2.73. The van der Waals surface area contributed by atoms with Crippen LogP contribution in [0, 0.1) is 5.92 Å². The number of nitrogens with zero attached hydrogens (tertiary/aromatic N) is 1. The molecular formula is C26H33IN2O4. The Morgan fingerprint density at radius 1 is 1.15 bits per heavy atom. The number of rotatable bonds is 10. The Balaban J connectivity index is 2.01. The maximum absolute atomic E-state index is 13.6. The van der Waals surface area contributed by atoms with E-state index in [9.17, 15) is 19.5 Å². The van der Waals surface area contributed by atoms with Crippen LogP contribution < -0.4 is 10.9 Å². The van der Waals surface area contributed by atoms with Gasteiger partial charge in [0, 0.05) is 16.7 Å². The van der Waals surface area contributed by atoms with E-state index >= 15 is 0 Å². The smallest absolute Gasteiger partial charge is 0.330 e. The predicted octanol–water partition coefficient (Wildman–Crippen LogP) is 4.91. The van der Waals surface area contributed by atoms with Crippen molar-refractivity contribution in [2.75, 3.05) is 4.43 Å². The number of aliphatic carboxylic acids is 1. The minimum Gasteiger partial charge on any atom is -0.479 e. The van der Waals surface area contributed by atoms with Crippen molar-refractivity contribution >= 4 is 34.5 Å². The highest BCUT2D eigenvalue weighted by atomic mass is 127. The number of benzene rings is 1. The lowest BCUT2D eigenvalue weighted by atomic mass is 9.89. The normalized spacial score (nSPS) is 15.2. The van der Waals surface area contributed by atoms with E-state index in [-0.39, 0.29) is 11.1 Å². The van der Waals surface area contributed by atoms with Crippen LogP contribution in [0.5, 0.6) is 0 Å². The molecule has 1 amide bonds. The van der Waals surface area contributed by atoms with E-state index in [1.165, 1.54) is 19.3 Å². The van der Waals surface area contributed by atoms with Gasteiger partial charge in [-0.05, 0) is 48.8 Å². The van der Waals surface area contributed by atoms with Gasteiger partial charge in [-0.1, -0.05) is 85.5 Å². The lowest BCUT2D eigenvalue weighted by molar-refractivity contribution is -0.139. The van der Waals surface area contributed by atoms with Crippen LogP contribution in [0.2, 0.25) is 0 Å². The third-order valence-electron chi connectivity index (χ3n) is 6.41. The highest BCUT2D eigenvalue weighted by molar-refractivity contribution is 14.1. The van der Waals surface area contributed by atoms with E-state index in [0.29, 0.717) is 18.0 Å². The summed E-state index contributed by atoms with van der Waals surface area (Å²) in [5, 5.41) is 12.3. The molecule has 1 aromatic heterocycles. The minimum absolute atomic E-state index is 0.0349. The second-order valence-electron chi connectivity index (χ2n) is 8.79. The van der Waals surface area contributed by atoms with Gasteiger partial charge in [0.25, 0.3) is 11.5 Å². The lowest BCUT2D eigenvalue weighted by Gasteiger charge is -2.26. The number of alkyl halides is 1. The summed E-state index contributed by atoms with van der Waals surface area (Å²) in [7, 11) is 0. The molecule has 1 aromatic carbocycles. The molecule has 1 aliphatic carbocycles. The summed E-state index contributed by atoms with van der Waals surface area (Å²) in [6, 6.07) is 9.05. The molecule has 7 heteroatoms. The maximum atomic E-state index is 13.6. The van der Waals surface area contributed by atoms with Gasteiger partial charge in [-0.25, -0.2) is 4.79 Å². The fourth-order valence-electron chi connectivity index (χ4n) is 4.74. The van der Waals surface area contributed by atoms with Crippen LogP contribution >= 0.6 is 22.6 Å². The fraction of sp³-hybridized carbons (Fsp3) is 0.500. The molecule has 2 aromatic rings. The van der Waals surface area contributed by atoms with E-state index in [1.807, 2.05) is 4.57 Å². The van der Waals surface area contributed by atoms with Crippen molar-refractivity contribution in [3.8, 4) is 0 Å². The summed E-state index contributed by atoms with van der Waals surface area (Å²) in [5.74, 6) is -1.35. The third kappa shape index (κ3) is 6.46. The van der Waals surface area contributed by atoms with Crippen LogP contribution in [0.1, 0.15) is 78.7 Å². The number of carbonyl (C=O) groups is 2. The fourth-order valence-corrected chi connectivity index (χ4v) is 5.32. The number of hydrogen-bond acceptors (Lipinski definition) is 3. The van der Waals surface area contributed by atoms with E-state index in [1.54, 1.807) is 36.4 Å². The van der Waals surface area contributed by atoms with Crippen LogP contribution in [0.25, 0.3) is 0 Å². The molecule has 6 nitrogen and oxygen atoms in total. The molecule has 3 rings (SSSR count). The number of aromatic nitrogens is 1. The average molecular weight is 564 g/mol. The molecule has 0 unspecified atom stereocenters. The molecule has 1 atom stereocenters. The van der Waals surface area contributed by atoms with Gasteiger partial charge in [-0.3, -0.25) is 9.59 Å². The van der Waals surface area contributed by atoms with Crippen molar-refractivity contribution in [2.24, 2.45) is 5.92 Å². The van der Waals surface area contributed by atoms with E-state index < -0.39 is 17.9 Å². The third-order valence-corrected chi connectivity index (χ3v) is 6.95. The highest BCUT2D eigenvalue weighted by Gasteiger charge is 2.26. The van der Waals surface area contributed by atoms with Crippen LogP contribution in [0.3, 0.4) is 0 Å². The maximum Gasteiger partial charge on any atom is 0.330 e. The van der Waals surface area contributed by atoms with E-state index in [2.05, 4.69) is 34.8 Å². The monoisotopic (exact) mass is 564 g/mol. The van der Waals surface area contributed by atoms with Gasteiger partial charge >= 0.3 is 5.97 Å². The molecule has 1 heterocycles. The first-order valence-corrected chi connectivity index (χ1v) is 13.4. The summed E-state index contributed by atoms with van der Waals surface area (Å²) in [6.07, 6.45) is 8.28. The van der Waals surface area contributed by atoms with Crippen molar-refractivity contribution in [2.45, 2.75) is 70.9 Å². The first-order chi connectivity index (χ1) is 16.0. The van der Waals surface area contributed by atoms with Gasteiger partial charge in [0.1, 0.15) is 5.56 Å². The van der Waals surface area contributed by atoms with Gasteiger partial charge in [0.15, 0.2) is 6.04 Å². The van der Waals surface area contributed by atoms with E-state index in [0.717, 1.165) is 47.8 Å². The molecule has 0 bridgehead atoms. The number of hydrogen-bond donors (Lipinski definition) is 2. The van der Waals surface area contributed by atoms with Crippen molar-refractivity contribution in [3.63, 3.8) is 0 Å². The molecule has 1 saturated carbocycles. The standard InChI is InChI=1S/C26H33IN2O4/c1-2-9-22-20(14-15-27)16-21(25(31)29(22)17-18-10-5-3-6-11-18)24(30)28-23(26(32)33)19-12-7-4-8-13-19/h4,7-8,12-13,16,18,23H,2-3,5-6,9-11,14-15,17H2,1H3,(H,28,30)(H,32,33)/t23-/m0/s1. The lowest BCUT2D eigenvalue weighted by Crippen LogP contribution is -2.40. The Morgan fingerprint density at radius 3 is 2.45 bits per heavy atom. The number of carbonyl (C=O) groups excluding carboxylic acids is 1. The summed E-state index contributed by atoms with van der Waals surface area (Å²) in [5.41, 5.74) is 2.23. The Hall–Kier alpha value is -2.16. The van der Waals surface area contributed by atoms with Gasteiger partial charge in [-0.2, -0.15) is 0 Å². The molecule has 1 fully saturated rings. The zero-order valence-corrected chi connectivity index (χ0v) is 21.3. The summed E-state index contributed by atoms with van der Waals surface area (Å²) >= 11 is 2.31. The molecule has 1 aliphatic rings. The van der Waals surface area contributed by atoms with Gasteiger partial charge in [-0.15, -0.1) is 0 Å². The Bertz CT molecular complexity index is 1010. The summed E-state index contributed by atoms with van der Waals surface area (Å²) < 4.78 is 2.70. The largest absolute Gasteiger partial charge is 0.479 e. The van der Waals surface area contributed by atoms with Gasteiger partial charge < -0.3 is 15.0 Å². The minimum atomic E-state index is -1.21. The molecule has 2 N–H and O–H groups in total. The van der Waals surface area contributed by atoms with Crippen molar-refractivity contribution in [3.05, 3.63) is 69.1 Å². The molecule has 33 heavy (non-hydrogen) atoms. The summed E-state index contributed by atoms with van der Waals surface area (Å²) in [4.78, 5) is 38.7. The Morgan fingerprint density at radius 2 is 1.85 bits per heavy atom. The number of carboxylic acid groups (broad SMARTS) is 1. The van der Waals surface area contributed by atoms with Crippen LogP contribution in [0.4, 0.5) is 0 Å². The van der Waals surface area contributed by atoms with E-state index in [4.69, 9.17) is 0 Å². The first-order valence-electron chi connectivity index (χ1n) is 11.9. The van der Waals surface area contributed by atoms with Crippen molar-refractivity contribution in [1.82, 2.24) is 9.88 Å². The first kappa shape index (κ1) is 25.5. The molecule has 0 radical (unpaired) electrons. The molecule has 0 saturated heterocycles. The van der Waals surface area contributed by atoms with Gasteiger partial charge in [0.05, 0.1) is 0 Å². The average Bonchev–Trinajstić information content (AvgIpc) is 2.82. The Kier molecular flexibility index (Phi) is 9.52. The van der Waals surface area contributed by atoms with Crippen LogP contribution in [-0.4, -0.2) is 26.0 Å². The Labute approximate surface area is 208 Å². The molecule has 178 valence electrons. The number of nitrogens with one attached hydrogen (secondary N) is 1. The van der Waals surface area contributed by atoms with Crippen LogP contribution in [-0.2, 0) is 24.2 Å². The predicted molar refractivity (Wildman–Crippen MR) is 138 cm³/mol. The molecule has 0 spiro atoms. The SMILES string of the molecule is CCCc1c(CCI)cc(C(=O)N[C@H](C(=O)O)c2ccccc2)c(=O)n1CC1CCCCC1. The number of halogens is 1. The second kappa shape index (κ2) is 12.3. The van der Waals surface area contributed by atoms with Crippen molar-refractivity contribution < 1.29 is 14.7 Å².